The smallest absolute Gasteiger partial charge is 0.258 e. The van der Waals surface area contributed by atoms with E-state index < -0.39 is 0 Å². The van der Waals surface area contributed by atoms with Gasteiger partial charge in [-0.3, -0.25) is 9.59 Å². The highest BCUT2D eigenvalue weighted by molar-refractivity contribution is 5.77. The number of rotatable bonds is 7. The van der Waals surface area contributed by atoms with Gasteiger partial charge in [-0.15, -0.1) is 0 Å². The number of carbonyl (C=O) groups excluding carboxylic acids is 1. The van der Waals surface area contributed by atoms with Gasteiger partial charge in [0, 0.05) is 17.8 Å². The first-order valence-electron chi connectivity index (χ1n) is 7.81. The predicted molar refractivity (Wildman–Crippen MR) is 91.5 cm³/mol. The Balaban J connectivity index is 1.84. The molecule has 0 saturated heterocycles. The first-order chi connectivity index (χ1) is 11.5. The summed E-state index contributed by atoms with van der Waals surface area (Å²) in [5.74, 6) is 1.05. The molecule has 0 bridgehead atoms. The van der Waals surface area contributed by atoms with Gasteiger partial charge in [0.2, 0.25) is 0 Å². The summed E-state index contributed by atoms with van der Waals surface area (Å²) in [4.78, 5) is 26.5. The highest BCUT2D eigenvalue weighted by atomic mass is 16.5. The Labute approximate surface area is 140 Å². The minimum absolute atomic E-state index is 0.114. The fourth-order valence-electron chi connectivity index (χ4n) is 2.29. The third kappa shape index (κ3) is 4.87. The summed E-state index contributed by atoms with van der Waals surface area (Å²) >= 11 is 0. The van der Waals surface area contributed by atoms with Gasteiger partial charge in [-0.05, 0) is 56.7 Å². The number of amides is 1. The van der Waals surface area contributed by atoms with Crippen LogP contribution in [0.15, 0.2) is 35.1 Å². The van der Waals surface area contributed by atoms with Crippen LogP contribution in [0.4, 0.5) is 0 Å². The molecule has 2 aromatic rings. The third-order valence-electron chi connectivity index (χ3n) is 3.46. The molecular formula is C18H22N2O4. The second-order valence-electron chi connectivity index (χ2n) is 5.41. The molecule has 24 heavy (non-hydrogen) atoms. The lowest BCUT2D eigenvalue weighted by Gasteiger charge is -2.10. The van der Waals surface area contributed by atoms with Gasteiger partial charge in [0.15, 0.2) is 6.61 Å². The van der Waals surface area contributed by atoms with Gasteiger partial charge in [-0.25, -0.2) is 0 Å². The molecule has 0 saturated carbocycles. The van der Waals surface area contributed by atoms with Gasteiger partial charge in [0.05, 0.1) is 6.61 Å². The van der Waals surface area contributed by atoms with E-state index in [0.717, 1.165) is 17.0 Å². The van der Waals surface area contributed by atoms with Crippen molar-refractivity contribution in [1.29, 1.82) is 0 Å². The van der Waals surface area contributed by atoms with Crippen molar-refractivity contribution in [2.45, 2.75) is 27.3 Å². The summed E-state index contributed by atoms with van der Waals surface area (Å²) in [5, 5.41) is 2.69. The molecule has 0 aliphatic rings. The molecule has 0 spiro atoms. The van der Waals surface area contributed by atoms with Crippen molar-refractivity contribution in [1.82, 2.24) is 10.3 Å². The molecule has 1 amide bonds. The van der Waals surface area contributed by atoms with Crippen LogP contribution in [0, 0.1) is 13.8 Å². The van der Waals surface area contributed by atoms with Crippen LogP contribution in [0.25, 0.3) is 0 Å². The SMILES string of the molecule is CCOc1ccc(OCC(=O)NCc2c(C)cc(C)[nH]c2=O)cc1. The van der Waals surface area contributed by atoms with E-state index in [9.17, 15) is 9.59 Å². The van der Waals surface area contributed by atoms with Crippen LogP contribution in [-0.2, 0) is 11.3 Å². The summed E-state index contributed by atoms with van der Waals surface area (Å²) in [6, 6.07) is 8.93. The quantitative estimate of drug-likeness (QED) is 0.814. The molecule has 0 fully saturated rings. The number of nitrogens with one attached hydrogen (secondary N) is 2. The molecule has 0 aliphatic carbocycles. The molecule has 0 aliphatic heterocycles. The maximum atomic E-state index is 11.9. The summed E-state index contributed by atoms with van der Waals surface area (Å²) < 4.78 is 10.8. The second kappa shape index (κ2) is 8.19. The van der Waals surface area contributed by atoms with E-state index in [1.807, 2.05) is 26.8 Å². The molecule has 2 rings (SSSR count). The van der Waals surface area contributed by atoms with E-state index in [2.05, 4.69) is 10.3 Å². The maximum absolute atomic E-state index is 11.9. The van der Waals surface area contributed by atoms with Crippen LogP contribution in [0.2, 0.25) is 0 Å². The average Bonchev–Trinajstić information content (AvgIpc) is 2.53. The first-order valence-corrected chi connectivity index (χ1v) is 7.81. The Bertz CT molecular complexity index is 751. The summed E-state index contributed by atoms with van der Waals surface area (Å²) in [6.45, 7) is 6.24. The number of aromatic nitrogens is 1. The van der Waals surface area contributed by atoms with Gasteiger partial charge in [0.25, 0.3) is 11.5 Å². The van der Waals surface area contributed by atoms with Gasteiger partial charge in [-0.1, -0.05) is 0 Å². The largest absolute Gasteiger partial charge is 0.494 e. The lowest BCUT2D eigenvalue weighted by molar-refractivity contribution is -0.123. The molecule has 128 valence electrons. The zero-order valence-electron chi connectivity index (χ0n) is 14.1. The Kier molecular flexibility index (Phi) is 6.01. The van der Waals surface area contributed by atoms with Gasteiger partial charge >= 0.3 is 0 Å². The van der Waals surface area contributed by atoms with Gasteiger partial charge < -0.3 is 19.8 Å². The molecule has 0 radical (unpaired) electrons. The fraction of sp³-hybridized carbons (Fsp3) is 0.333. The minimum atomic E-state index is -0.289. The molecule has 1 aromatic heterocycles. The van der Waals surface area contributed by atoms with E-state index >= 15 is 0 Å². The molecule has 6 nitrogen and oxygen atoms in total. The second-order valence-corrected chi connectivity index (χ2v) is 5.41. The van der Waals surface area contributed by atoms with Crippen LogP contribution in [-0.4, -0.2) is 24.1 Å². The maximum Gasteiger partial charge on any atom is 0.258 e. The molecule has 0 atom stereocenters. The topological polar surface area (TPSA) is 80.4 Å². The number of hydrogen-bond acceptors (Lipinski definition) is 4. The number of aromatic amines is 1. The molecule has 2 N–H and O–H groups in total. The summed E-state index contributed by atoms with van der Waals surface area (Å²) in [6.07, 6.45) is 0. The number of ether oxygens (including phenoxy) is 2. The Hall–Kier alpha value is -2.76. The van der Waals surface area contributed by atoms with Crippen molar-refractivity contribution < 1.29 is 14.3 Å². The molecule has 6 heteroatoms. The number of aryl methyl sites for hydroxylation is 2. The van der Waals surface area contributed by atoms with Gasteiger partial charge in [-0.2, -0.15) is 0 Å². The predicted octanol–water partition coefficient (Wildman–Crippen LogP) is 2.09. The highest BCUT2D eigenvalue weighted by Gasteiger charge is 2.08. The molecule has 1 aromatic carbocycles. The van der Waals surface area contributed by atoms with E-state index in [-0.39, 0.29) is 24.6 Å². The standard InChI is InChI=1S/C18H22N2O4/c1-4-23-14-5-7-15(8-6-14)24-11-17(21)19-10-16-12(2)9-13(3)20-18(16)22/h5-9H,4,10-11H2,1-3H3,(H,19,21)(H,20,22). The van der Waals surface area contributed by atoms with Crippen molar-refractivity contribution in [3.8, 4) is 11.5 Å². The Morgan fingerprint density at radius 1 is 1.12 bits per heavy atom. The van der Waals surface area contributed by atoms with Crippen LogP contribution in [0.3, 0.4) is 0 Å². The molecule has 1 heterocycles. The zero-order chi connectivity index (χ0) is 17.5. The number of hydrogen-bond donors (Lipinski definition) is 2. The summed E-state index contributed by atoms with van der Waals surface area (Å²) in [5.41, 5.74) is 2.02. The van der Waals surface area contributed by atoms with E-state index in [1.165, 1.54) is 0 Å². The molecule has 0 unspecified atom stereocenters. The van der Waals surface area contributed by atoms with Crippen molar-refractivity contribution in [3.63, 3.8) is 0 Å². The van der Waals surface area contributed by atoms with E-state index in [4.69, 9.17) is 9.47 Å². The third-order valence-corrected chi connectivity index (χ3v) is 3.46. The first kappa shape index (κ1) is 17.6. The van der Waals surface area contributed by atoms with Crippen molar-refractivity contribution in [2.75, 3.05) is 13.2 Å². The Morgan fingerprint density at radius 2 is 1.75 bits per heavy atom. The van der Waals surface area contributed by atoms with Crippen LogP contribution >= 0.6 is 0 Å². The normalized spacial score (nSPS) is 10.3. The number of carbonyl (C=O) groups is 1. The van der Waals surface area contributed by atoms with Crippen LogP contribution < -0.4 is 20.3 Å². The van der Waals surface area contributed by atoms with Crippen LogP contribution in [0.5, 0.6) is 11.5 Å². The van der Waals surface area contributed by atoms with Crippen molar-refractivity contribution in [3.05, 3.63) is 57.5 Å². The van der Waals surface area contributed by atoms with E-state index in [0.29, 0.717) is 17.9 Å². The number of H-pyrrole nitrogens is 1. The van der Waals surface area contributed by atoms with Crippen molar-refractivity contribution in [2.24, 2.45) is 0 Å². The Morgan fingerprint density at radius 3 is 2.33 bits per heavy atom. The lowest BCUT2D eigenvalue weighted by atomic mass is 10.1. The number of benzene rings is 1. The minimum Gasteiger partial charge on any atom is -0.494 e. The van der Waals surface area contributed by atoms with Crippen molar-refractivity contribution >= 4 is 5.91 Å². The average molecular weight is 330 g/mol. The lowest BCUT2D eigenvalue weighted by Crippen LogP contribution is -2.31. The fourth-order valence-corrected chi connectivity index (χ4v) is 2.29. The molecular weight excluding hydrogens is 308 g/mol. The summed E-state index contributed by atoms with van der Waals surface area (Å²) in [7, 11) is 0. The monoisotopic (exact) mass is 330 g/mol. The van der Waals surface area contributed by atoms with Gasteiger partial charge in [0.1, 0.15) is 11.5 Å². The zero-order valence-corrected chi connectivity index (χ0v) is 14.1. The van der Waals surface area contributed by atoms with E-state index in [1.54, 1.807) is 24.3 Å². The van der Waals surface area contributed by atoms with Crippen LogP contribution in [0.1, 0.15) is 23.7 Å². The highest BCUT2D eigenvalue weighted by Crippen LogP contribution is 2.17. The number of pyridine rings is 1.